The van der Waals surface area contributed by atoms with Crippen molar-refractivity contribution in [2.45, 2.75) is 0 Å². The molecule has 0 saturated carbocycles. The molecule has 4 heteroatoms. The van der Waals surface area contributed by atoms with Crippen LogP contribution in [0.4, 0.5) is 0 Å². The number of hydrogen-bond acceptors (Lipinski definition) is 2. The minimum atomic E-state index is 0.869. The standard InChI is InChI=1S/C60H34N2O2/c1-3-15-35(16-4-1)61-49-23-11-7-19-37(49)45-31-43-44-32-46-38-20-8-12-24-50(38)62(36-17-5-2-6-18-36)52(46)34-48(44)58-40(28-30-56-60(58)42-22-10-14-26-54(42)64-56)39-27-29-55-59(57(39)47(43)33-51(45)61)41-21-9-13-25-53(41)63-55/h1-34H. The molecule has 1 aliphatic rings. The molecule has 10 aromatic carbocycles. The van der Waals surface area contributed by atoms with Crippen LogP contribution < -0.4 is 0 Å². The maximum absolute atomic E-state index is 6.73. The van der Waals surface area contributed by atoms with E-state index in [1.807, 2.05) is 0 Å². The van der Waals surface area contributed by atoms with Crippen LogP contribution in [0, 0.1) is 0 Å². The van der Waals surface area contributed by atoms with E-state index < -0.39 is 0 Å². The predicted molar refractivity (Wildman–Crippen MR) is 265 cm³/mol. The van der Waals surface area contributed by atoms with E-state index in [1.165, 1.54) is 43.7 Å². The lowest BCUT2D eigenvalue weighted by Crippen LogP contribution is -2.00. The van der Waals surface area contributed by atoms with Gasteiger partial charge in [0, 0.05) is 65.6 Å². The summed E-state index contributed by atoms with van der Waals surface area (Å²) in [6, 6.07) is 75.0. The van der Waals surface area contributed by atoms with Gasteiger partial charge >= 0.3 is 0 Å². The zero-order chi connectivity index (χ0) is 41.6. The molecule has 4 heterocycles. The molecule has 0 saturated heterocycles. The third kappa shape index (κ3) is 4.46. The zero-order valence-corrected chi connectivity index (χ0v) is 34.3. The van der Waals surface area contributed by atoms with Gasteiger partial charge in [0.25, 0.3) is 0 Å². The summed E-state index contributed by atoms with van der Waals surface area (Å²) in [5.41, 5.74) is 19.7. The highest BCUT2D eigenvalue weighted by Gasteiger charge is 2.31. The SMILES string of the molecule is c1ccc(-n2c3ccccc3c3cc4c(cc32)-c2c(ccc3oc5ccccc5c23)-c2ccc3oc5ccccc5c3c2-c2cc3c(cc2-4)c2ccccc2n3-c2ccccc2)cc1. The molecule has 0 radical (unpaired) electrons. The molecular weight excluding hydrogens is 781 g/mol. The summed E-state index contributed by atoms with van der Waals surface area (Å²) in [6.07, 6.45) is 0. The number of para-hydroxylation sites is 6. The first-order valence-electron chi connectivity index (χ1n) is 21.9. The van der Waals surface area contributed by atoms with Crippen molar-refractivity contribution in [2.75, 3.05) is 0 Å². The summed E-state index contributed by atoms with van der Waals surface area (Å²) in [5, 5.41) is 9.26. The number of nitrogens with zero attached hydrogens (tertiary/aromatic N) is 2. The largest absolute Gasteiger partial charge is 0.456 e. The molecular formula is C60H34N2O2. The van der Waals surface area contributed by atoms with Crippen LogP contribution in [0.1, 0.15) is 0 Å². The molecule has 0 N–H and O–H groups in total. The summed E-state index contributed by atoms with van der Waals surface area (Å²) < 4.78 is 18.3. The molecule has 14 aromatic rings. The Morgan fingerprint density at radius 3 is 1.09 bits per heavy atom. The van der Waals surface area contributed by atoms with Gasteiger partial charge in [-0.25, -0.2) is 0 Å². The molecule has 0 aliphatic heterocycles. The second-order valence-corrected chi connectivity index (χ2v) is 17.1. The van der Waals surface area contributed by atoms with Crippen molar-refractivity contribution in [3.05, 3.63) is 206 Å². The predicted octanol–water partition coefficient (Wildman–Crippen LogP) is 16.7. The molecule has 0 unspecified atom stereocenters. The molecule has 0 fully saturated rings. The fourth-order valence-electron chi connectivity index (χ4n) is 11.2. The maximum atomic E-state index is 6.73. The molecule has 64 heavy (non-hydrogen) atoms. The number of benzene rings is 10. The highest BCUT2D eigenvalue weighted by Crippen LogP contribution is 2.56. The van der Waals surface area contributed by atoms with Crippen LogP contribution in [-0.4, -0.2) is 9.13 Å². The summed E-state index contributed by atoms with van der Waals surface area (Å²) in [5.74, 6) is 0. The van der Waals surface area contributed by atoms with Gasteiger partial charge in [0.1, 0.15) is 22.3 Å². The van der Waals surface area contributed by atoms with Gasteiger partial charge in [-0.3, -0.25) is 0 Å². The van der Waals surface area contributed by atoms with Gasteiger partial charge < -0.3 is 18.0 Å². The van der Waals surface area contributed by atoms with E-state index >= 15 is 0 Å². The van der Waals surface area contributed by atoms with Crippen LogP contribution in [-0.2, 0) is 0 Å². The van der Waals surface area contributed by atoms with Gasteiger partial charge in [-0.2, -0.15) is 0 Å². The molecule has 1 aliphatic carbocycles. The molecule has 0 amide bonds. The highest BCUT2D eigenvalue weighted by atomic mass is 16.3. The van der Waals surface area contributed by atoms with Gasteiger partial charge in [-0.1, -0.05) is 109 Å². The number of rotatable bonds is 2. The quantitative estimate of drug-likeness (QED) is 0.174. The van der Waals surface area contributed by atoms with Crippen LogP contribution in [0.2, 0.25) is 0 Å². The zero-order valence-electron chi connectivity index (χ0n) is 34.3. The Kier molecular flexibility index (Phi) is 6.65. The molecule has 0 bridgehead atoms. The second-order valence-electron chi connectivity index (χ2n) is 17.1. The Morgan fingerprint density at radius 1 is 0.250 bits per heavy atom. The van der Waals surface area contributed by atoms with Crippen LogP contribution in [0.15, 0.2) is 215 Å². The smallest absolute Gasteiger partial charge is 0.136 e. The Bertz CT molecular complexity index is 4020. The fourth-order valence-corrected chi connectivity index (χ4v) is 11.2. The maximum Gasteiger partial charge on any atom is 0.136 e. The Hall–Kier alpha value is -8.60. The molecule has 15 rings (SSSR count). The van der Waals surface area contributed by atoms with Crippen molar-refractivity contribution in [2.24, 2.45) is 0 Å². The second kappa shape index (κ2) is 12.5. The Morgan fingerprint density at radius 2 is 0.641 bits per heavy atom. The van der Waals surface area contributed by atoms with Crippen molar-refractivity contribution in [1.82, 2.24) is 9.13 Å². The fraction of sp³-hybridized carbons (Fsp3) is 0. The number of hydrogen-bond donors (Lipinski definition) is 0. The third-order valence-electron chi connectivity index (χ3n) is 13.9. The van der Waals surface area contributed by atoms with Gasteiger partial charge in [0.15, 0.2) is 0 Å². The molecule has 296 valence electrons. The number of fused-ring (bicyclic) bond motifs is 22. The van der Waals surface area contributed by atoms with Crippen molar-refractivity contribution in [3.8, 4) is 55.9 Å². The van der Waals surface area contributed by atoms with Gasteiger partial charge in [0.2, 0.25) is 0 Å². The first-order chi connectivity index (χ1) is 31.8. The Labute approximate surface area is 366 Å². The first-order valence-corrected chi connectivity index (χ1v) is 21.9. The number of aromatic nitrogens is 2. The van der Waals surface area contributed by atoms with Crippen LogP contribution in [0.5, 0.6) is 0 Å². The van der Waals surface area contributed by atoms with Gasteiger partial charge in [0.05, 0.1) is 22.1 Å². The minimum absolute atomic E-state index is 0.869. The monoisotopic (exact) mass is 814 g/mol. The van der Waals surface area contributed by atoms with E-state index in [0.29, 0.717) is 0 Å². The molecule has 4 aromatic heterocycles. The van der Waals surface area contributed by atoms with E-state index in [9.17, 15) is 0 Å². The third-order valence-corrected chi connectivity index (χ3v) is 13.9. The van der Waals surface area contributed by atoms with Crippen molar-refractivity contribution in [3.63, 3.8) is 0 Å². The minimum Gasteiger partial charge on any atom is -0.456 e. The Balaban J connectivity index is 1.21. The summed E-state index contributed by atoms with van der Waals surface area (Å²) in [7, 11) is 0. The molecule has 0 spiro atoms. The van der Waals surface area contributed by atoms with Crippen molar-refractivity contribution in [1.29, 1.82) is 0 Å². The van der Waals surface area contributed by atoms with E-state index in [4.69, 9.17) is 8.83 Å². The molecule has 0 atom stereocenters. The normalized spacial score (nSPS) is 12.4. The first kappa shape index (κ1) is 34.0. The van der Waals surface area contributed by atoms with Crippen LogP contribution in [0.3, 0.4) is 0 Å². The average molecular weight is 815 g/mol. The van der Waals surface area contributed by atoms with E-state index in [1.54, 1.807) is 0 Å². The summed E-state index contributed by atoms with van der Waals surface area (Å²) in [6.45, 7) is 0. The van der Waals surface area contributed by atoms with Crippen LogP contribution in [0.25, 0.3) is 143 Å². The highest BCUT2D eigenvalue weighted by molar-refractivity contribution is 6.26. The van der Waals surface area contributed by atoms with E-state index in [0.717, 1.165) is 99.7 Å². The lowest BCUT2D eigenvalue weighted by atomic mass is 9.77. The van der Waals surface area contributed by atoms with E-state index in [-0.39, 0.29) is 0 Å². The van der Waals surface area contributed by atoms with Crippen molar-refractivity contribution >= 4 is 87.5 Å². The lowest BCUT2D eigenvalue weighted by Gasteiger charge is -2.25. The molecule has 4 nitrogen and oxygen atoms in total. The summed E-state index contributed by atoms with van der Waals surface area (Å²) in [4.78, 5) is 0. The topological polar surface area (TPSA) is 36.1 Å². The number of furan rings is 2. The van der Waals surface area contributed by atoms with Crippen LogP contribution >= 0.6 is 0 Å². The van der Waals surface area contributed by atoms with Crippen molar-refractivity contribution < 1.29 is 8.83 Å². The van der Waals surface area contributed by atoms with E-state index in [2.05, 4.69) is 215 Å². The average Bonchev–Trinajstić information content (AvgIpc) is 4.10. The van der Waals surface area contributed by atoms with Gasteiger partial charge in [-0.15, -0.1) is 0 Å². The van der Waals surface area contributed by atoms with Gasteiger partial charge in [-0.05, 0) is 130 Å². The summed E-state index contributed by atoms with van der Waals surface area (Å²) >= 11 is 0. The lowest BCUT2D eigenvalue weighted by molar-refractivity contribution is 0.668.